The molecule has 0 radical (unpaired) electrons. The van der Waals surface area contributed by atoms with Crippen LogP contribution in [0.3, 0.4) is 0 Å². The van der Waals surface area contributed by atoms with Crippen molar-refractivity contribution in [2.24, 2.45) is 5.73 Å². The molecule has 88 valence electrons. The van der Waals surface area contributed by atoms with Crippen LogP contribution in [0.25, 0.3) is 11.1 Å². The van der Waals surface area contributed by atoms with Crippen molar-refractivity contribution >= 4 is 0 Å². The molecule has 0 heterocycles. The average molecular weight is 233 g/mol. The number of aryl methyl sites for hydroxylation is 1. The summed E-state index contributed by atoms with van der Waals surface area (Å²) in [4.78, 5) is 0. The van der Waals surface area contributed by atoms with Gasteiger partial charge in [-0.1, -0.05) is 12.1 Å². The zero-order valence-corrected chi connectivity index (χ0v) is 9.50. The lowest BCUT2D eigenvalue weighted by Gasteiger charge is -2.09. The fourth-order valence-corrected chi connectivity index (χ4v) is 1.79. The van der Waals surface area contributed by atoms with Gasteiger partial charge >= 0.3 is 0 Å². The Hall–Kier alpha value is -1.74. The van der Waals surface area contributed by atoms with Crippen LogP contribution in [0.15, 0.2) is 36.4 Å². The lowest BCUT2D eigenvalue weighted by molar-refractivity contribution is 0.624. The first-order valence-electron chi connectivity index (χ1n) is 5.37. The number of benzene rings is 2. The summed E-state index contributed by atoms with van der Waals surface area (Å²) in [5.74, 6) is -0.737. The van der Waals surface area contributed by atoms with E-state index in [1.807, 2.05) is 6.92 Å². The van der Waals surface area contributed by atoms with Gasteiger partial charge in [0.15, 0.2) is 0 Å². The van der Waals surface area contributed by atoms with Crippen molar-refractivity contribution < 1.29 is 8.78 Å². The van der Waals surface area contributed by atoms with Crippen molar-refractivity contribution in [2.75, 3.05) is 0 Å². The average Bonchev–Trinajstić information content (AvgIpc) is 2.33. The Bertz CT molecular complexity index is 550. The van der Waals surface area contributed by atoms with Crippen molar-refractivity contribution in [1.29, 1.82) is 0 Å². The molecule has 0 aromatic heterocycles. The normalized spacial score (nSPS) is 10.6. The molecule has 3 heteroatoms. The van der Waals surface area contributed by atoms with E-state index in [2.05, 4.69) is 0 Å². The van der Waals surface area contributed by atoms with Crippen molar-refractivity contribution in [3.05, 3.63) is 59.2 Å². The summed E-state index contributed by atoms with van der Waals surface area (Å²) in [5.41, 5.74) is 8.14. The van der Waals surface area contributed by atoms with Crippen LogP contribution in [0.2, 0.25) is 0 Å². The molecule has 0 saturated heterocycles. The Kier molecular flexibility index (Phi) is 3.20. The number of nitrogens with two attached hydrogens (primary N) is 1. The smallest absolute Gasteiger partial charge is 0.131 e. The monoisotopic (exact) mass is 233 g/mol. The number of hydrogen-bond donors (Lipinski definition) is 1. The highest BCUT2D eigenvalue weighted by atomic mass is 19.1. The zero-order chi connectivity index (χ0) is 12.4. The third-order valence-corrected chi connectivity index (χ3v) is 2.76. The number of rotatable bonds is 2. The summed E-state index contributed by atoms with van der Waals surface area (Å²) in [6, 6.07) is 9.00. The summed E-state index contributed by atoms with van der Waals surface area (Å²) >= 11 is 0. The molecule has 2 N–H and O–H groups in total. The van der Waals surface area contributed by atoms with Gasteiger partial charge < -0.3 is 5.73 Å². The molecule has 1 nitrogen and oxygen atoms in total. The molecule has 2 rings (SSSR count). The molecule has 0 atom stereocenters. The molecule has 0 bridgehead atoms. The summed E-state index contributed by atoms with van der Waals surface area (Å²) in [6.07, 6.45) is 0. The second-order valence-corrected chi connectivity index (χ2v) is 3.98. The molecule has 0 saturated carbocycles. The topological polar surface area (TPSA) is 26.0 Å². The Morgan fingerprint density at radius 1 is 1.00 bits per heavy atom. The highest BCUT2D eigenvalue weighted by molar-refractivity contribution is 5.68. The molecule has 0 aliphatic rings. The lowest BCUT2D eigenvalue weighted by Crippen LogP contribution is -1.98. The minimum absolute atomic E-state index is 0.335. The van der Waals surface area contributed by atoms with E-state index in [1.54, 1.807) is 18.2 Å². The van der Waals surface area contributed by atoms with Gasteiger partial charge in [-0.25, -0.2) is 8.78 Å². The highest BCUT2D eigenvalue weighted by Crippen LogP contribution is 2.27. The Morgan fingerprint density at radius 3 is 2.47 bits per heavy atom. The van der Waals surface area contributed by atoms with Gasteiger partial charge in [-0.3, -0.25) is 0 Å². The molecule has 17 heavy (non-hydrogen) atoms. The first-order valence-corrected chi connectivity index (χ1v) is 5.37. The van der Waals surface area contributed by atoms with E-state index in [0.29, 0.717) is 17.7 Å². The summed E-state index contributed by atoms with van der Waals surface area (Å²) in [5, 5.41) is 0. The largest absolute Gasteiger partial charge is 0.326 e. The Balaban J connectivity index is 2.62. The first-order chi connectivity index (χ1) is 8.11. The highest BCUT2D eigenvalue weighted by Gasteiger charge is 2.09. The second-order valence-electron chi connectivity index (χ2n) is 3.98. The van der Waals surface area contributed by atoms with Crippen LogP contribution in [0.5, 0.6) is 0 Å². The van der Waals surface area contributed by atoms with E-state index < -0.39 is 0 Å². The fraction of sp³-hybridized carbons (Fsp3) is 0.143. The van der Waals surface area contributed by atoms with E-state index >= 15 is 0 Å². The number of hydrogen-bond acceptors (Lipinski definition) is 1. The molecule has 0 aliphatic heterocycles. The molecule has 0 unspecified atom stereocenters. The van der Waals surface area contributed by atoms with Crippen molar-refractivity contribution in [2.45, 2.75) is 13.5 Å². The van der Waals surface area contributed by atoms with Gasteiger partial charge in [0, 0.05) is 12.1 Å². The standard InChI is InChI=1S/C14H13F2N/c1-9-2-4-11(15)7-12(9)13-6-10(8-17)3-5-14(13)16/h2-7H,8,17H2,1H3. The van der Waals surface area contributed by atoms with E-state index in [4.69, 9.17) is 5.73 Å². The Labute approximate surface area is 98.9 Å². The summed E-state index contributed by atoms with van der Waals surface area (Å²) in [6.45, 7) is 2.16. The van der Waals surface area contributed by atoms with E-state index in [0.717, 1.165) is 11.1 Å². The van der Waals surface area contributed by atoms with Crippen LogP contribution in [0.1, 0.15) is 11.1 Å². The third kappa shape index (κ3) is 2.34. The summed E-state index contributed by atoms with van der Waals surface area (Å²) in [7, 11) is 0. The second kappa shape index (κ2) is 4.63. The molecular weight excluding hydrogens is 220 g/mol. The third-order valence-electron chi connectivity index (χ3n) is 2.76. The van der Waals surface area contributed by atoms with Gasteiger partial charge in [0.05, 0.1) is 0 Å². The van der Waals surface area contributed by atoms with Crippen molar-refractivity contribution in [3.63, 3.8) is 0 Å². The van der Waals surface area contributed by atoms with E-state index in [1.165, 1.54) is 18.2 Å². The first kappa shape index (κ1) is 11.7. The van der Waals surface area contributed by atoms with E-state index in [9.17, 15) is 8.78 Å². The van der Waals surface area contributed by atoms with Gasteiger partial charge in [-0.2, -0.15) is 0 Å². The van der Waals surface area contributed by atoms with Gasteiger partial charge in [-0.15, -0.1) is 0 Å². The van der Waals surface area contributed by atoms with Crippen LogP contribution < -0.4 is 5.73 Å². The molecular formula is C14H13F2N. The van der Waals surface area contributed by atoms with Gasteiger partial charge in [0.2, 0.25) is 0 Å². The molecule has 0 aliphatic carbocycles. The van der Waals surface area contributed by atoms with Crippen LogP contribution in [0, 0.1) is 18.6 Å². The van der Waals surface area contributed by atoms with Gasteiger partial charge in [-0.05, 0) is 47.9 Å². The molecule has 0 amide bonds. The molecule has 0 spiro atoms. The lowest BCUT2D eigenvalue weighted by atomic mass is 9.98. The maximum Gasteiger partial charge on any atom is 0.131 e. The fourth-order valence-electron chi connectivity index (χ4n) is 1.79. The van der Waals surface area contributed by atoms with Gasteiger partial charge in [0.25, 0.3) is 0 Å². The Morgan fingerprint density at radius 2 is 1.76 bits per heavy atom. The van der Waals surface area contributed by atoms with Crippen LogP contribution in [-0.2, 0) is 6.54 Å². The van der Waals surface area contributed by atoms with Crippen molar-refractivity contribution in [1.82, 2.24) is 0 Å². The maximum atomic E-state index is 13.7. The predicted octanol–water partition coefficient (Wildman–Crippen LogP) is 3.40. The van der Waals surface area contributed by atoms with E-state index in [-0.39, 0.29) is 11.6 Å². The molecule has 2 aromatic rings. The minimum Gasteiger partial charge on any atom is -0.326 e. The van der Waals surface area contributed by atoms with Crippen molar-refractivity contribution in [3.8, 4) is 11.1 Å². The van der Waals surface area contributed by atoms with Crippen LogP contribution in [0.4, 0.5) is 8.78 Å². The minimum atomic E-state index is -0.372. The van der Waals surface area contributed by atoms with Crippen LogP contribution >= 0.6 is 0 Å². The predicted molar refractivity (Wildman–Crippen MR) is 64.4 cm³/mol. The number of halogens is 2. The molecule has 0 fully saturated rings. The van der Waals surface area contributed by atoms with Gasteiger partial charge in [0.1, 0.15) is 11.6 Å². The summed E-state index contributed by atoms with van der Waals surface area (Å²) < 4.78 is 26.9. The SMILES string of the molecule is Cc1ccc(F)cc1-c1cc(CN)ccc1F. The zero-order valence-electron chi connectivity index (χ0n) is 9.50. The maximum absolute atomic E-state index is 13.7. The quantitative estimate of drug-likeness (QED) is 0.845. The molecule has 2 aromatic carbocycles. The van der Waals surface area contributed by atoms with Crippen LogP contribution in [-0.4, -0.2) is 0 Å².